The maximum atomic E-state index is 13.7. The van der Waals surface area contributed by atoms with Crippen LogP contribution in [0.3, 0.4) is 0 Å². The summed E-state index contributed by atoms with van der Waals surface area (Å²) in [6, 6.07) is 9.21. The molecular weight excluding hydrogens is 336 g/mol. The third-order valence-electron chi connectivity index (χ3n) is 3.44. The Morgan fingerprint density at radius 1 is 1.12 bits per heavy atom. The van der Waals surface area contributed by atoms with Crippen molar-refractivity contribution in [1.29, 1.82) is 0 Å². The molecule has 1 heterocycles. The molecule has 0 saturated heterocycles. The Bertz CT molecular complexity index is 896. The maximum Gasteiger partial charge on any atom is 0.183 e. The largest absolute Gasteiger partial charge is 0.493 e. The Morgan fingerprint density at radius 3 is 2.54 bits per heavy atom. The first-order chi connectivity index (χ1) is 11.5. The molecule has 0 radical (unpaired) electrons. The van der Waals surface area contributed by atoms with E-state index in [9.17, 15) is 8.78 Å². The lowest BCUT2D eigenvalue weighted by molar-refractivity contribution is 0.337. The normalized spacial score (nSPS) is 10.9. The predicted octanol–water partition coefficient (Wildman–Crippen LogP) is 4.48. The first kappa shape index (κ1) is 16.4. The van der Waals surface area contributed by atoms with Crippen LogP contribution < -0.4 is 4.74 Å². The van der Waals surface area contributed by atoms with Crippen LogP contribution in [0.1, 0.15) is 6.92 Å². The molecule has 0 aliphatic carbocycles. The second-order valence-electron chi connectivity index (χ2n) is 5.06. The minimum atomic E-state index is -0.976. The zero-order valence-corrected chi connectivity index (χ0v) is 13.8. The van der Waals surface area contributed by atoms with Crippen LogP contribution >= 0.6 is 11.6 Å². The van der Waals surface area contributed by atoms with Gasteiger partial charge < -0.3 is 4.74 Å². The Balaban J connectivity index is 2.15. The molecule has 0 spiro atoms. The molecule has 0 bridgehead atoms. The van der Waals surface area contributed by atoms with Crippen LogP contribution in [-0.2, 0) is 7.05 Å². The van der Waals surface area contributed by atoms with E-state index in [1.54, 1.807) is 32.2 Å². The average Bonchev–Trinajstić information content (AvgIpc) is 2.93. The van der Waals surface area contributed by atoms with E-state index in [2.05, 4.69) is 10.1 Å². The molecule has 0 atom stereocenters. The number of rotatable bonds is 4. The van der Waals surface area contributed by atoms with Gasteiger partial charge in [0.25, 0.3) is 0 Å². The minimum Gasteiger partial charge on any atom is -0.493 e. The Hall–Kier alpha value is -2.47. The fourth-order valence-electron chi connectivity index (χ4n) is 2.35. The first-order valence-corrected chi connectivity index (χ1v) is 7.67. The topological polar surface area (TPSA) is 39.9 Å². The number of aromatic nitrogens is 3. The predicted molar refractivity (Wildman–Crippen MR) is 88.0 cm³/mol. The summed E-state index contributed by atoms with van der Waals surface area (Å²) >= 11 is 6.17. The number of benzene rings is 2. The lowest BCUT2D eigenvalue weighted by Crippen LogP contribution is -2.01. The van der Waals surface area contributed by atoms with Crippen molar-refractivity contribution in [1.82, 2.24) is 14.8 Å². The van der Waals surface area contributed by atoms with Crippen LogP contribution in [0.15, 0.2) is 36.4 Å². The van der Waals surface area contributed by atoms with Crippen LogP contribution in [0, 0.1) is 11.6 Å². The van der Waals surface area contributed by atoms with Crippen molar-refractivity contribution in [2.24, 2.45) is 7.05 Å². The zero-order chi connectivity index (χ0) is 17.3. The molecular formula is C17H14ClF2N3O. The van der Waals surface area contributed by atoms with Gasteiger partial charge in [0.2, 0.25) is 0 Å². The Kier molecular flexibility index (Phi) is 4.49. The number of halogens is 3. The number of hydrogen-bond acceptors (Lipinski definition) is 3. The van der Waals surface area contributed by atoms with E-state index >= 15 is 0 Å². The SMILES string of the molecule is CCOc1cc(F)c(F)cc1-c1nc(-c2ccccc2Cl)nn1C. The lowest BCUT2D eigenvalue weighted by Gasteiger charge is -2.10. The molecule has 2 aromatic carbocycles. The molecule has 0 unspecified atom stereocenters. The molecule has 1 aromatic heterocycles. The number of hydrogen-bond donors (Lipinski definition) is 0. The van der Waals surface area contributed by atoms with E-state index in [1.165, 1.54) is 4.68 Å². The van der Waals surface area contributed by atoms with Gasteiger partial charge in [0.15, 0.2) is 23.3 Å². The molecule has 0 N–H and O–H groups in total. The second-order valence-corrected chi connectivity index (χ2v) is 5.47. The molecule has 0 aliphatic heterocycles. The van der Waals surface area contributed by atoms with Crippen LogP contribution in [0.2, 0.25) is 5.02 Å². The van der Waals surface area contributed by atoms with Gasteiger partial charge in [-0.1, -0.05) is 23.7 Å². The summed E-state index contributed by atoms with van der Waals surface area (Å²) in [7, 11) is 1.67. The summed E-state index contributed by atoms with van der Waals surface area (Å²) < 4.78 is 34.1. The minimum absolute atomic E-state index is 0.206. The number of ether oxygens (including phenoxy) is 1. The van der Waals surface area contributed by atoms with E-state index in [1.807, 2.05) is 6.07 Å². The fraction of sp³-hybridized carbons (Fsp3) is 0.176. The van der Waals surface area contributed by atoms with Gasteiger partial charge in [0.05, 0.1) is 17.2 Å². The number of aryl methyl sites for hydroxylation is 1. The van der Waals surface area contributed by atoms with E-state index in [4.69, 9.17) is 16.3 Å². The van der Waals surface area contributed by atoms with Crippen molar-refractivity contribution in [2.45, 2.75) is 6.92 Å². The monoisotopic (exact) mass is 349 g/mol. The molecule has 124 valence electrons. The smallest absolute Gasteiger partial charge is 0.183 e. The first-order valence-electron chi connectivity index (χ1n) is 7.29. The summed E-state index contributed by atoms with van der Waals surface area (Å²) in [5, 5.41) is 4.83. The third kappa shape index (κ3) is 2.97. The van der Waals surface area contributed by atoms with Gasteiger partial charge in [0.1, 0.15) is 5.75 Å². The molecule has 3 aromatic rings. The third-order valence-corrected chi connectivity index (χ3v) is 3.77. The highest BCUT2D eigenvalue weighted by Crippen LogP contribution is 2.33. The summed E-state index contributed by atoms with van der Waals surface area (Å²) in [5.41, 5.74) is 0.977. The van der Waals surface area contributed by atoms with Gasteiger partial charge in [-0.3, -0.25) is 0 Å². The summed E-state index contributed by atoms with van der Waals surface area (Å²) in [6.07, 6.45) is 0. The molecule has 3 rings (SSSR count). The average molecular weight is 350 g/mol. The van der Waals surface area contributed by atoms with Crippen LogP contribution in [0.4, 0.5) is 8.78 Å². The van der Waals surface area contributed by atoms with Gasteiger partial charge in [-0.05, 0) is 25.1 Å². The van der Waals surface area contributed by atoms with Crippen molar-refractivity contribution in [2.75, 3.05) is 6.61 Å². The molecule has 0 amide bonds. The van der Waals surface area contributed by atoms with Crippen LogP contribution in [-0.4, -0.2) is 21.4 Å². The fourth-order valence-corrected chi connectivity index (χ4v) is 2.57. The van der Waals surface area contributed by atoms with Crippen molar-refractivity contribution < 1.29 is 13.5 Å². The summed E-state index contributed by atoms with van der Waals surface area (Å²) in [5.74, 6) is -0.999. The molecule has 7 heteroatoms. The van der Waals surface area contributed by atoms with Crippen LogP contribution in [0.5, 0.6) is 5.75 Å². The van der Waals surface area contributed by atoms with Crippen molar-refractivity contribution in [3.63, 3.8) is 0 Å². The second kappa shape index (κ2) is 6.57. The summed E-state index contributed by atoms with van der Waals surface area (Å²) in [4.78, 5) is 4.42. The lowest BCUT2D eigenvalue weighted by atomic mass is 10.1. The Morgan fingerprint density at radius 2 is 1.83 bits per heavy atom. The quantitative estimate of drug-likeness (QED) is 0.697. The van der Waals surface area contributed by atoms with E-state index in [-0.39, 0.29) is 5.75 Å². The Labute approximate surface area is 142 Å². The number of nitrogens with zero attached hydrogens (tertiary/aromatic N) is 3. The van der Waals surface area contributed by atoms with Gasteiger partial charge in [-0.2, -0.15) is 5.10 Å². The van der Waals surface area contributed by atoms with Crippen molar-refractivity contribution in [3.05, 3.63) is 53.1 Å². The summed E-state index contributed by atoms with van der Waals surface area (Å²) in [6.45, 7) is 2.07. The zero-order valence-electron chi connectivity index (χ0n) is 13.1. The maximum absolute atomic E-state index is 13.7. The van der Waals surface area contributed by atoms with Gasteiger partial charge >= 0.3 is 0 Å². The molecule has 0 fully saturated rings. The highest BCUT2D eigenvalue weighted by Gasteiger charge is 2.19. The van der Waals surface area contributed by atoms with E-state index in [0.717, 1.165) is 12.1 Å². The molecule has 24 heavy (non-hydrogen) atoms. The van der Waals surface area contributed by atoms with Crippen molar-refractivity contribution in [3.8, 4) is 28.5 Å². The van der Waals surface area contributed by atoms with E-state index < -0.39 is 11.6 Å². The highest BCUT2D eigenvalue weighted by molar-refractivity contribution is 6.33. The molecule has 0 saturated carbocycles. The van der Waals surface area contributed by atoms with Gasteiger partial charge in [-0.15, -0.1) is 0 Å². The van der Waals surface area contributed by atoms with E-state index in [0.29, 0.717) is 34.4 Å². The highest BCUT2D eigenvalue weighted by atomic mass is 35.5. The standard InChI is InChI=1S/C17H14ClF2N3O/c1-3-24-15-9-14(20)13(19)8-11(15)17-21-16(22-23(17)2)10-6-4-5-7-12(10)18/h4-9H,3H2,1-2H3. The molecule has 0 aliphatic rings. The van der Waals surface area contributed by atoms with Gasteiger partial charge in [-0.25, -0.2) is 18.4 Å². The van der Waals surface area contributed by atoms with Crippen LogP contribution in [0.25, 0.3) is 22.8 Å². The molecule has 4 nitrogen and oxygen atoms in total. The van der Waals surface area contributed by atoms with Gasteiger partial charge in [0, 0.05) is 18.7 Å². The van der Waals surface area contributed by atoms with Crippen molar-refractivity contribution >= 4 is 11.6 Å².